The Morgan fingerprint density at radius 2 is 1.68 bits per heavy atom. The van der Waals surface area contributed by atoms with E-state index in [2.05, 4.69) is 32.7 Å². The van der Waals surface area contributed by atoms with E-state index >= 15 is 0 Å². The first-order valence-electron chi connectivity index (χ1n) is 11.3. The summed E-state index contributed by atoms with van der Waals surface area (Å²) in [5.74, 6) is 0.778. The molecule has 0 atom stereocenters. The zero-order valence-corrected chi connectivity index (χ0v) is 20.2. The van der Waals surface area contributed by atoms with Crippen molar-refractivity contribution in [1.29, 1.82) is 0 Å². The third-order valence-electron chi connectivity index (χ3n) is 5.61. The summed E-state index contributed by atoms with van der Waals surface area (Å²) in [6.07, 6.45) is 4.08. The molecule has 0 saturated carbocycles. The Hall–Kier alpha value is -3.58. The van der Waals surface area contributed by atoms with Gasteiger partial charge in [-0.05, 0) is 66.3 Å². The summed E-state index contributed by atoms with van der Waals surface area (Å²) in [6.45, 7) is 2.32. The van der Waals surface area contributed by atoms with Crippen LogP contribution in [-0.2, 0) is 24.2 Å². The average molecular weight is 473 g/mol. The van der Waals surface area contributed by atoms with Gasteiger partial charge >= 0.3 is 0 Å². The van der Waals surface area contributed by atoms with Gasteiger partial charge in [-0.15, -0.1) is 11.8 Å². The van der Waals surface area contributed by atoms with Crippen LogP contribution in [-0.4, -0.2) is 28.0 Å². The van der Waals surface area contributed by atoms with Crippen LogP contribution in [0.1, 0.15) is 40.7 Å². The van der Waals surface area contributed by atoms with Crippen molar-refractivity contribution in [2.75, 3.05) is 11.6 Å². The van der Waals surface area contributed by atoms with Gasteiger partial charge < -0.3 is 15.6 Å². The van der Waals surface area contributed by atoms with Crippen LogP contribution in [0.15, 0.2) is 71.6 Å². The van der Waals surface area contributed by atoms with Crippen LogP contribution in [0.3, 0.4) is 0 Å². The number of amides is 2. The van der Waals surface area contributed by atoms with E-state index in [0.717, 1.165) is 41.0 Å². The number of hydrogen-bond acceptors (Lipinski definition) is 4. The molecule has 1 heterocycles. The summed E-state index contributed by atoms with van der Waals surface area (Å²) in [5.41, 5.74) is 5.34. The molecule has 0 radical (unpaired) electrons. The van der Waals surface area contributed by atoms with Crippen LogP contribution in [0.2, 0.25) is 0 Å². The number of H-pyrrole nitrogens is 1. The molecule has 34 heavy (non-hydrogen) atoms. The van der Waals surface area contributed by atoms with Crippen molar-refractivity contribution >= 4 is 40.3 Å². The topological polar surface area (TPSA) is 86.9 Å². The molecule has 3 aromatic carbocycles. The van der Waals surface area contributed by atoms with Gasteiger partial charge in [-0.2, -0.15) is 0 Å². The molecule has 7 heteroatoms. The summed E-state index contributed by atoms with van der Waals surface area (Å²) in [4.78, 5) is 33.3. The van der Waals surface area contributed by atoms with Gasteiger partial charge in [0.1, 0.15) is 5.82 Å². The zero-order chi connectivity index (χ0) is 23.9. The summed E-state index contributed by atoms with van der Waals surface area (Å²) in [5, 5.41) is 5.84. The van der Waals surface area contributed by atoms with E-state index in [4.69, 9.17) is 0 Å². The number of rotatable bonds is 9. The molecule has 6 nitrogen and oxygen atoms in total. The number of carbonyl (C=O) groups excluding carboxylic acids is 2. The maximum Gasteiger partial charge on any atom is 0.251 e. The van der Waals surface area contributed by atoms with Crippen LogP contribution in [0, 0.1) is 0 Å². The number of fused-ring (bicyclic) bond motifs is 1. The lowest BCUT2D eigenvalue weighted by Crippen LogP contribution is -2.22. The van der Waals surface area contributed by atoms with Crippen molar-refractivity contribution in [2.24, 2.45) is 0 Å². The van der Waals surface area contributed by atoms with Gasteiger partial charge in [-0.1, -0.05) is 31.2 Å². The second-order valence-electron chi connectivity index (χ2n) is 8.04. The molecule has 0 fully saturated rings. The predicted octanol–water partition coefficient (Wildman–Crippen LogP) is 5.35. The number of aromatic nitrogens is 2. The number of hydrogen-bond donors (Lipinski definition) is 3. The highest BCUT2D eigenvalue weighted by atomic mass is 32.2. The first-order valence-corrected chi connectivity index (χ1v) is 12.5. The number of aromatic amines is 1. The Labute approximate surface area is 203 Å². The number of thioether (sulfide) groups is 1. The predicted molar refractivity (Wildman–Crippen MR) is 138 cm³/mol. The van der Waals surface area contributed by atoms with Crippen LogP contribution in [0.4, 0.5) is 5.69 Å². The van der Waals surface area contributed by atoms with Crippen molar-refractivity contribution in [2.45, 2.75) is 37.6 Å². The Balaban J connectivity index is 1.34. The first kappa shape index (κ1) is 23.6. The monoisotopic (exact) mass is 472 g/mol. The lowest BCUT2D eigenvalue weighted by Gasteiger charge is -2.06. The fraction of sp³-hybridized carbons (Fsp3) is 0.222. The lowest BCUT2D eigenvalue weighted by atomic mass is 10.1. The second kappa shape index (κ2) is 11.0. The largest absolute Gasteiger partial charge is 0.348 e. The molecule has 0 saturated heterocycles. The summed E-state index contributed by atoms with van der Waals surface area (Å²) < 4.78 is 0. The third-order valence-corrected chi connectivity index (χ3v) is 6.36. The number of carbonyl (C=O) groups is 2. The summed E-state index contributed by atoms with van der Waals surface area (Å²) >= 11 is 1.70. The van der Waals surface area contributed by atoms with Crippen LogP contribution in [0.25, 0.3) is 11.0 Å². The van der Waals surface area contributed by atoms with E-state index in [-0.39, 0.29) is 11.8 Å². The van der Waals surface area contributed by atoms with Crippen LogP contribution < -0.4 is 10.6 Å². The number of aryl methyl sites for hydroxylation is 2. The molecule has 0 unspecified atom stereocenters. The number of benzene rings is 3. The third kappa shape index (κ3) is 6.05. The maximum atomic E-state index is 12.6. The van der Waals surface area contributed by atoms with Crippen molar-refractivity contribution < 1.29 is 9.59 Å². The van der Waals surface area contributed by atoms with Crippen molar-refractivity contribution in [3.63, 3.8) is 0 Å². The highest BCUT2D eigenvalue weighted by molar-refractivity contribution is 7.98. The highest BCUT2D eigenvalue weighted by Gasteiger charge is 2.10. The molecular formula is C27H28N4O2S. The molecule has 0 spiro atoms. The molecule has 174 valence electrons. The molecule has 0 aliphatic carbocycles. The van der Waals surface area contributed by atoms with Crippen LogP contribution in [0.5, 0.6) is 0 Å². The SMILES string of the molecule is CCC(=O)Nc1ccc(CCc2nc3ccc(C(=O)NCc4ccc(SC)cc4)cc3[nH]2)cc1. The Kier molecular flexibility index (Phi) is 7.65. The van der Waals surface area contributed by atoms with E-state index in [1.807, 2.05) is 67.8 Å². The summed E-state index contributed by atoms with van der Waals surface area (Å²) in [7, 11) is 0. The number of anilines is 1. The minimum atomic E-state index is -0.109. The molecule has 0 aliphatic heterocycles. The van der Waals surface area contributed by atoms with Gasteiger partial charge in [-0.25, -0.2) is 4.98 Å². The fourth-order valence-corrected chi connectivity index (χ4v) is 4.02. The Morgan fingerprint density at radius 3 is 2.38 bits per heavy atom. The lowest BCUT2D eigenvalue weighted by molar-refractivity contribution is -0.115. The van der Waals surface area contributed by atoms with E-state index in [1.165, 1.54) is 10.5 Å². The van der Waals surface area contributed by atoms with Gasteiger partial charge in [0.25, 0.3) is 5.91 Å². The Morgan fingerprint density at radius 1 is 0.941 bits per heavy atom. The maximum absolute atomic E-state index is 12.6. The fourth-order valence-electron chi connectivity index (χ4n) is 3.62. The van der Waals surface area contributed by atoms with Crippen molar-refractivity contribution in [1.82, 2.24) is 15.3 Å². The van der Waals surface area contributed by atoms with E-state index in [9.17, 15) is 9.59 Å². The van der Waals surface area contributed by atoms with Crippen molar-refractivity contribution in [3.8, 4) is 0 Å². The van der Waals surface area contributed by atoms with Gasteiger partial charge in [0.05, 0.1) is 11.0 Å². The van der Waals surface area contributed by atoms with E-state index in [0.29, 0.717) is 18.5 Å². The first-order chi connectivity index (χ1) is 16.5. The number of nitrogens with one attached hydrogen (secondary N) is 3. The highest BCUT2D eigenvalue weighted by Crippen LogP contribution is 2.17. The minimum Gasteiger partial charge on any atom is -0.348 e. The molecule has 4 rings (SSSR count). The molecule has 3 N–H and O–H groups in total. The zero-order valence-electron chi connectivity index (χ0n) is 19.4. The van der Waals surface area contributed by atoms with Gasteiger partial charge in [-0.3, -0.25) is 9.59 Å². The Bertz CT molecular complexity index is 1280. The van der Waals surface area contributed by atoms with Crippen LogP contribution >= 0.6 is 11.8 Å². The van der Waals surface area contributed by atoms with E-state index in [1.54, 1.807) is 11.8 Å². The average Bonchev–Trinajstić information content (AvgIpc) is 3.29. The molecule has 0 bridgehead atoms. The normalized spacial score (nSPS) is 10.9. The quantitative estimate of drug-likeness (QED) is 0.287. The molecule has 4 aromatic rings. The second-order valence-corrected chi connectivity index (χ2v) is 8.92. The molecular weight excluding hydrogens is 444 g/mol. The smallest absolute Gasteiger partial charge is 0.251 e. The molecule has 1 aromatic heterocycles. The van der Waals surface area contributed by atoms with Crippen molar-refractivity contribution in [3.05, 3.63) is 89.2 Å². The standard InChI is InChI=1S/C27H28N4O2S/c1-3-26(32)29-21-10-4-18(5-11-21)8-15-25-30-23-14-9-20(16-24(23)31-25)27(33)28-17-19-6-12-22(34-2)13-7-19/h4-7,9-14,16H,3,8,15,17H2,1-2H3,(H,28,33)(H,29,32)(H,30,31). The number of nitrogens with zero attached hydrogens (tertiary/aromatic N) is 1. The minimum absolute atomic E-state index is 0.00731. The van der Waals surface area contributed by atoms with Gasteiger partial charge in [0.15, 0.2) is 0 Å². The molecule has 2 amide bonds. The van der Waals surface area contributed by atoms with Gasteiger partial charge in [0, 0.05) is 35.5 Å². The number of imidazole rings is 1. The van der Waals surface area contributed by atoms with E-state index < -0.39 is 0 Å². The van der Waals surface area contributed by atoms with Gasteiger partial charge in [0.2, 0.25) is 5.91 Å². The summed E-state index contributed by atoms with van der Waals surface area (Å²) in [6, 6.07) is 21.6. The molecule has 0 aliphatic rings.